The molecule has 104 valence electrons. The number of aryl methyl sites for hydroxylation is 1. The summed E-state index contributed by atoms with van der Waals surface area (Å²) in [4.78, 5) is 4.20. The molecule has 3 aromatic rings. The molecular formula is C13H10ClF2N3O. The molecule has 4 nitrogen and oxygen atoms in total. The van der Waals surface area contributed by atoms with E-state index < -0.39 is 11.6 Å². The molecule has 2 aromatic heterocycles. The van der Waals surface area contributed by atoms with E-state index in [4.69, 9.17) is 16.1 Å². The maximum atomic E-state index is 13.8. The smallest absolute Gasteiger partial charge is 0.153 e. The third kappa shape index (κ3) is 2.27. The van der Waals surface area contributed by atoms with Crippen LogP contribution in [0.4, 0.5) is 8.78 Å². The van der Waals surface area contributed by atoms with Gasteiger partial charge in [-0.05, 0) is 6.07 Å². The van der Waals surface area contributed by atoms with E-state index >= 15 is 0 Å². The van der Waals surface area contributed by atoms with Crippen molar-refractivity contribution < 1.29 is 13.3 Å². The molecule has 0 unspecified atom stereocenters. The van der Waals surface area contributed by atoms with Gasteiger partial charge in [0.1, 0.15) is 29.1 Å². The van der Waals surface area contributed by atoms with E-state index in [1.165, 1.54) is 12.3 Å². The number of nitrogens with zero attached hydrogens (tertiary/aromatic N) is 3. The number of imidazole rings is 1. The van der Waals surface area contributed by atoms with Crippen molar-refractivity contribution >= 4 is 22.6 Å². The van der Waals surface area contributed by atoms with Crippen molar-refractivity contribution in [1.82, 2.24) is 14.7 Å². The summed E-state index contributed by atoms with van der Waals surface area (Å²) in [5.41, 5.74) is 1.16. The molecule has 0 fully saturated rings. The molecule has 0 spiro atoms. The van der Waals surface area contributed by atoms with Gasteiger partial charge in [0.05, 0.1) is 12.1 Å². The predicted octanol–water partition coefficient (Wildman–Crippen LogP) is 3.13. The van der Waals surface area contributed by atoms with E-state index in [2.05, 4.69) is 10.1 Å². The van der Waals surface area contributed by atoms with Crippen LogP contribution in [-0.2, 0) is 13.0 Å². The Morgan fingerprint density at radius 3 is 2.85 bits per heavy atom. The van der Waals surface area contributed by atoms with E-state index in [1.807, 2.05) is 0 Å². The highest BCUT2D eigenvalue weighted by atomic mass is 35.5. The molecule has 0 N–H and O–H groups in total. The van der Waals surface area contributed by atoms with Crippen LogP contribution in [0.25, 0.3) is 11.0 Å². The Balaban J connectivity index is 2.17. The quantitative estimate of drug-likeness (QED) is 0.695. The second-order valence-electron chi connectivity index (χ2n) is 4.30. The lowest BCUT2D eigenvalue weighted by molar-refractivity contribution is 0.409. The Labute approximate surface area is 118 Å². The number of alkyl halides is 1. The van der Waals surface area contributed by atoms with Gasteiger partial charge in [-0.1, -0.05) is 5.16 Å². The van der Waals surface area contributed by atoms with Crippen molar-refractivity contribution in [2.24, 2.45) is 0 Å². The highest BCUT2D eigenvalue weighted by molar-refractivity contribution is 6.17. The average molecular weight is 298 g/mol. The van der Waals surface area contributed by atoms with Gasteiger partial charge in [0.15, 0.2) is 5.82 Å². The number of aromatic nitrogens is 3. The lowest BCUT2D eigenvalue weighted by Crippen LogP contribution is -2.06. The van der Waals surface area contributed by atoms with Crippen LogP contribution in [0.5, 0.6) is 0 Å². The molecule has 0 radical (unpaired) electrons. The van der Waals surface area contributed by atoms with Gasteiger partial charge < -0.3 is 9.09 Å². The molecule has 20 heavy (non-hydrogen) atoms. The Morgan fingerprint density at radius 1 is 1.30 bits per heavy atom. The number of halogens is 3. The van der Waals surface area contributed by atoms with E-state index in [9.17, 15) is 8.78 Å². The van der Waals surface area contributed by atoms with Gasteiger partial charge in [-0.3, -0.25) is 0 Å². The molecule has 0 amide bonds. The average Bonchev–Trinajstić information content (AvgIpc) is 3.01. The van der Waals surface area contributed by atoms with Crippen molar-refractivity contribution in [3.05, 3.63) is 47.6 Å². The van der Waals surface area contributed by atoms with E-state index in [0.717, 1.165) is 6.07 Å². The molecule has 0 aliphatic heterocycles. The Bertz CT molecular complexity index is 740. The summed E-state index contributed by atoms with van der Waals surface area (Å²) in [6.45, 7) is 0.322. The number of benzene rings is 1. The maximum absolute atomic E-state index is 13.8. The summed E-state index contributed by atoms with van der Waals surface area (Å²) < 4.78 is 33.6. The fourth-order valence-corrected chi connectivity index (χ4v) is 2.30. The summed E-state index contributed by atoms with van der Waals surface area (Å²) >= 11 is 5.73. The highest BCUT2D eigenvalue weighted by Gasteiger charge is 2.16. The number of hydrogen-bond donors (Lipinski definition) is 0. The molecule has 0 atom stereocenters. The topological polar surface area (TPSA) is 43.9 Å². The molecule has 1 aromatic carbocycles. The van der Waals surface area contributed by atoms with Gasteiger partial charge in [-0.15, -0.1) is 11.6 Å². The molecule has 7 heteroatoms. The largest absolute Gasteiger partial charge is 0.364 e. The van der Waals surface area contributed by atoms with Crippen LogP contribution in [-0.4, -0.2) is 20.6 Å². The van der Waals surface area contributed by atoms with Gasteiger partial charge in [0.25, 0.3) is 0 Å². The molecule has 3 rings (SSSR count). The van der Waals surface area contributed by atoms with Gasteiger partial charge in [0.2, 0.25) is 0 Å². The fourth-order valence-electron chi connectivity index (χ4n) is 2.13. The zero-order valence-electron chi connectivity index (χ0n) is 10.3. The van der Waals surface area contributed by atoms with E-state index in [-0.39, 0.29) is 5.52 Å². The van der Waals surface area contributed by atoms with Crippen molar-refractivity contribution in [3.63, 3.8) is 0 Å². The third-order valence-corrected chi connectivity index (χ3v) is 3.17. The van der Waals surface area contributed by atoms with Crippen molar-refractivity contribution in [3.8, 4) is 0 Å². The third-order valence-electron chi connectivity index (χ3n) is 2.98. The zero-order valence-corrected chi connectivity index (χ0v) is 11.1. The molecule has 0 saturated heterocycles. The molecular weight excluding hydrogens is 288 g/mol. The van der Waals surface area contributed by atoms with Crippen LogP contribution in [0.1, 0.15) is 11.5 Å². The van der Waals surface area contributed by atoms with Crippen LogP contribution in [0.3, 0.4) is 0 Å². The van der Waals surface area contributed by atoms with Crippen LogP contribution in [0.2, 0.25) is 0 Å². The minimum atomic E-state index is -0.685. The fraction of sp³-hybridized carbons (Fsp3) is 0.231. The summed E-state index contributed by atoms with van der Waals surface area (Å²) in [5, 5.41) is 3.80. The van der Waals surface area contributed by atoms with Crippen LogP contribution in [0.15, 0.2) is 29.0 Å². The minimum Gasteiger partial charge on any atom is -0.364 e. The number of hydrogen-bond acceptors (Lipinski definition) is 3. The first-order valence-electron chi connectivity index (χ1n) is 5.98. The second-order valence-corrected chi connectivity index (χ2v) is 4.68. The minimum absolute atomic E-state index is 0.134. The second kappa shape index (κ2) is 5.20. The highest BCUT2D eigenvalue weighted by Crippen LogP contribution is 2.22. The standard InChI is InChI=1S/C13H10ClF2N3O/c14-3-1-12-17-13-10(16)5-8(15)6-11(13)19(12)7-9-2-4-20-18-9/h2,4-6H,1,3,7H2. The predicted molar refractivity (Wildman–Crippen MR) is 69.7 cm³/mol. The number of fused-ring (bicyclic) bond motifs is 1. The number of rotatable bonds is 4. The summed E-state index contributed by atoms with van der Waals surface area (Å²) in [6, 6.07) is 3.76. The van der Waals surface area contributed by atoms with E-state index in [0.29, 0.717) is 35.9 Å². The van der Waals surface area contributed by atoms with Gasteiger partial charge in [-0.25, -0.2) is 13.8 Å². The molecule has 0 bridgehead atoms. The summed E-state index contributed by atoms with van der Waals surface area (Å²) in [7, 11) is 0. The molecule has 0 saturated carbocycles. The first kappa shape index (κ1) is 13.1. The van der Waals surface area contributed by atoms with Crippen LogP contribution < -0.4 is 0 Å². The van der Waals surface area contributed by atoms with Crippen molar-refractivity contribution in [2.45, 2.75) is 13.0 Å². The maximum Gasteiger partial charge on any atom is 0.153 e. The normalized spacial score (nSPS) is 11.3. The molecule has 0 aliphatic carbocycles. The van der Waals surface area contributed by atoms with Crippen molar-refractivity contribution in [1.29, 1.82) is 0 Å². The lowest BCUT2D eigenvalue weighted by Gasteiger charge is -2.06. The lowest BCUT2D eigenvalue weighted by atomic mass is 10.3. The van der Waals surface area contributed by atoms with Gasteiger partial charge in [0, 0.05) is 24.4 Å². The monoisotopic (exact) mass is 297 g/mol. The van der Waals surface area contributed by atoms with Gasteiger partial charge in [-0.2, -0.15) is 0 Å². The van der Waals surface area contributed by atoms with Gasteiger partial charge >= 0.3 is 0 Å². The zero-order chi connectivity index (χ0) is 14.1. The summed E-state index contributed by atoms with van der Waals surface area (Å²) in [6.07, 6.45) is 1.89. The van der Waals surface area contributed by atoms with Crippen molar-refractivity contribution in [2.75, 3.05) is 5.88 Å². The SMILES string of the molecule is Fc1cc(F)c2nc(CCCl)n(Cc3ccon3)c2c1. The first-order valence-corrected chi connectivity index (χ1v) is 6.52. The van der Waals surface area contributed by atoms with E-state index in [1.54, 1.807) is 10.6 Å². The summed E-state index contributed by atoms with van der Waals surface area (Å²) in [5.74, 6) is -0.405. The Hall–Kier alpha value is -1.95. The van der Waals surface area contributed by atoms with Crippen LogP contribution >= 0.6 is 11.6 Å². The molecule has 2 heterocycles. The molecule has 0 aliphatic rings. The Kier molecular flexibility index (Phi) is 3.40. The van der Waals surface area contributed by atoms with Crippen LogP contribution in [0, 0.1) is 11.6 Å². The first-order chi connectivity index (χ1) is 9.69. The Morgan fingerprint density at radius 2 is 2.15 bits per heavy atom.